The predicted molar refractivity (Wildman–Crippen MR) is 121 cm³/mol. The zero-order chi connectivity index (χ0) is 23.2. The number of aromatic nitrogens is 2. The molecule has 0 saturated heterocycles. The van der Waals surface area contributed by atoms with Crippen molar-refractivity contribution in [2.75, 3.05) is 13.7 Å². The number of oxazole rings is 1. The molecule has 0 aliphatic carbocycles. The van der Waals surface area contributed by atoms with E-state index in [0.29, 0.717) is 30.1 Å². The summed E-state index contributed by atoms with van der Waals surface area (Å²) >= 11 is 0. The fraction of sp³-hybridized carbons (Fsp3) is 0.231. The van der Waals surface area contributed by atoms with E-state index >= 15 is 0 Å². The summed E-state index contributed by atoms with van der Waals surface area (Å²) in [6.07, 6.45) is 4.36. The first kappa shape index (κ1) is 22.3. The minimum Gasteiger partial charge on any atom is -0.490 e. The lowest BCUT2D eigenvalue weighted by Crippen LogP contribution is -2.22. The molecule has 0 fully saturated rings. The van der Waals surface area contributed by atoms with Crippen molar-refractivity contribution in [2.45, 2.75) is 25.8 Å². The van der Waals surface area contributed by atoms with Crippen molar-refractivity contribution in [2.24, 2.45) is 0 Å². The molecule has 0 radical (unpaired) electrons. The van der Waals surface area contributed by atoms with E-state index in [2.05, 4.69) is 4.98 Å². The molecule has 2 heterocycles. The van der Waals surface area contributed by atoms with Gasteiger partial charge in [0.05, 0.1) is 19.4 Å². The average Bonchev–Trinajstić information content (AvgIpc) is 3.49. The van der Waals surface area contributed by atoms with Crippen LogP contribution >= 0.6 is 0 Å². The quantitative estimate of drug-likeness (QED) is 0.331. The third-order valence-corrected chi connectivity index (χ3v) is 5.40. The highest BCUT2D eigenvalue weighted by molar-refractivity contribution is 5.74. The zero-order valence-electron chi connectivity index (χ0n) is 18.5. The highest BCUT2D eigenvalue weighted by Gasteiger charge is 2.21. The number of benzene rings is 2. The molecule has 0 saturated carbocycles. The fourth-order valence-electron chi connectivity index (χ4n) is 3.64. The lowest BCUT2D eigenvalue weighted by Gasteiger charge is -2.17. The Morgan fingerprint density at radius 1 is 1.12 bits per heavy atom. The number of methoxy groups -OCH3 is 1. The van der Waals surface area contributed by atoms with Crippen molar-refractivity contribution < 1.29 is 23.1 Å². The van der Waals surface area contributed by atoms with Crippen LogP contribution in [-0.4, -0.2) is 29.2 Å². The van der Waals surface area contributed by atoms with E-state index in [4.69, 9.17) is 13.9 Å². The molecule has 170 valence electrons. The SMILES string of the molecule is COC(=O)C(Cc1ccc(OCCc2nc(-c3ccccc3)oc2C)c(F)c1)n1cccc1. The first-order valence-corrected chi connectivity index (χ1v) is 10.7. The molecule has 6 nitrogen and oxygen atoms in total. The second-order valence-corrected chi connectivity index (χ2v) is 7.62. The van der Waals surface area contributed by atoms with Crippen LogP contribution in [0.2, 0.25) is 0 Å². The number of hydrogen-bond acceptors (Lipinski definition) is 5. The monoisotopic (exact) mass is 448 g/mol. The Hall–Kier alpha value is -3.87. The van der Waals surface area contributed by atoms with Gasteiger partial charge in [0.1, 0.15) is 11.8 Å². The van der Waals surface area contributed by atoms with Gasteiger partial charge in [0.2, 0.25) is 5.89 Å². The van der Waals surface area contributed by atoms with Gasteiger partial charge in [-0.2, -0.15) is 0 Å². The lowest BCUT2D eigenvalue weighted by molar-refractivity contribution is -0.144. The highest BCUT2D eigenvalue weighted by atomic mass is 19.1. The van der Waals surface area contributed by atoms with Gasteiger partial charge in [0, 0.05) is 30.8 Å². The molecule has 0 amide bonds. The number of esters is 1. The molecular weight excluding hydrogens is 423 g/mol. The molecular formula is C26H25FN2O4. The maximum atomic E-state index is 14.7. The number of carbonyl (C=O) groups excluding carboxylic acids is 1. The first-order chi connectivity index (χ1) is 16.0. The normalized spacial score (nSPS) is 11.8. The van der Waals surface area contributed by atoms with Gasteiger partial charge in [-0.05, 0) is 48.9 Å². The van der Waals surface area contributed by atoms with E-state index in [9.17, 15) is 9.18 Å². The van der Waals surface area contributed by atoms with Crippen LogP contribution in [0.3, 0.4) is 0 Å². The van der Waals surface area contributed by atoms with E-state index in [0.717, 1.165) is 11.3 Å². The van der Waals surface area contributed by atoms with Crippen molar-refractivity contribution >= 4 is 5.97 Å². The van der Waals surface area contributed by atoms with Crippen molar-refractivity contribution in [1.82, 2.24) is 9.55 Å². The van der Waals surface area contributed by atoms with Crippen LogP contribution in [-0.2, 0) is 22.4 Å². The number of hydrogen-bond donors (Lipinski definition) is 0. The summed E-state index contributed by atoms with van der Waals surface area (Å²) in [5.74, 6) is 0.558. The van der Waals surface area contributed by atoms with Crippen LogP contribution in [0.15, 0.2) is 77.5 Å². The number of nitrogens with zero attached hydrogens (tertiary/aromatic N) is 2. The number of aryl methyl sites for hydroxylation is 1. The third-order valence-electron chi connectivity index (χ3n) is 5.40. The van der Waals surface area contributed by atoms with Gasteiger partial charge >= 0.3 is 5.97 Å². The molecule has 2 aromatic heterocycles. The number of ether oxygens (including phenoxy) is 2. The fourth-order valence-corrected chi connectivity index (χ4v) is 3.64. The van der Waals surface area contributed by atoms with Gasteiger partial charge in [-0.25, -0.2) is 14.2 Å². The van der Waals surface area contributed by atoms with E-state index in [-0.39, 0.29) is 18.3 Å². The van der Waals surface area contributed by atoms with Crippen molar-refractivity contribution in [1.29, 1.82) is 0 Å². The number of halogens is 1. The molecule has 0 aliphatic heterocycles. The molecule has 0 N–H and O–H groups in total. The third kappa shape index (κ3) is 5.31. The van der Waals surface area contributed by atoms with Crippen LogP contribution in [0.25, 0.3) is 11.5 Å². The zero-order valence-corrected chi connectivity index (χ0v) is 18.5. The van der Waals surface area contributed by atoms with Crippen LogP contribution < -0.4 is 4.74 Å². The largest absolute Gasteiger partial charge is 0.490 e. The molecule has 0 spiro atoms. The summed E-state index contributed by atoms with van der Waals surface area (Å²) < 4.78 is 32.7. The summed E-state index contributed by atoms with van der Waals surface area (Å²) in [4.78, 5) is 16.7. The Bertz CT molecular complexity index is 1200. The van der Waals surface area contributed by atoms with Crippen LogP contribution in [0.1, 0.15) is 23.1 Å². The molecule has 4 aromatic rings. The van der Waals surface area contributed by atoms with Crippen molar-refractivity contribution in [3.05, 3.63) is 95.9 Å². The molecule has 1 unspecified atom stereocenters. The van der Waals surface area contributed by atoms with Gasteiger partial charge in [-0.1, -0.05) is 24.3 Å². The highest BCUT2D eigenvalue weighted by Crippen LogP contribution is 2.24. The van der Waals surface area contributed by atoms with E-state index in [1.807, 2.05) is 49.4 Å². The lowest BCUT2D eigenvalue weighted by atomic mass is 10.1. The Kier molecular flexibility index (Phi) is 6.88. The minimum atomic E-state index is -0.565. The van der Waals surface area contributed by atoms with Gasteiger partial charge in [0.15, 0.2) is 11.6 Å². The summed E-state index contributed by atoms with van der Waals surface area (Å²) in [6, 6.07) is 17.5. The molecule has 1 atom stereocenters. The molecule has 33 heavy (non-hydrogen) atoms. The summed E-state index contributed by atoms with van der Waals surface area (Å²) in [5.41, 5.74) is 2.35. The Morgan fingerprint density at radius 2 is 1.88 bits per heavy atom. The Balaban J connectivity index is 1.38. The molecule has 7 heteroatoms. The number of rotatable bonds is 9. The van der Waals surface area contributed by atoms with Crippen LogP contribution in [0.4, 0.5) is 4.39 Å². The molecule has 4 rings (SSSR count). The molecule has 0 bridgehead atoms. The second-order valence-electron chi connectivity index (χ2n) is 7.62. The van der Waals surface area contributed by atoms with Crippen LogP contribution in [0.5, 0.6) is 5.75 Å². The van der Waals surface area contributed by atoms with Crippen molar-refractivity contribution in [3.8, 4) is 17.2 Å². The van der Waals surface area contributed by atoms with E-state index < -0.39 is 11.9 Å². The molecule has 2 aromatic carbocycles. The predicted octanol–water partition coefficient (Wildman–Crippen LogP) is 5.17. The minimum absolute atomic E-state index is 0.152. The second kappa shape index (κ2) is 10.2. The standard InChI is InChI=1S/C26H25FN2O4/c1-18-22(28-25(33-18)20-8-4-3-5-9-20)12-15-32-24-11-10-19(16-21(24)27)17-23(26(30)31-2)29-13-6-7-14-29/h3-11,13-14,16,23H,12,15,17H2,1-2H3. The van der Waals surface area contributed by atoms with Crippen LogP contribution in [0, 0.1) is 12.7 Å². The van der Waals surface area contributed by atoms with E-state index in [1.165, 1.54) is 13.2 Å². The maximum Gasteiger partial charge on any atom is 0.329 e. The number of carbonyl (C=O) groups is 1. The summed E-state index contributed by atoms with van der Waals surface area (Å²) in [7, 11) is 1.34. The van der Waals surface area contributed by atoms with Gasteiger partial charge in [-0.3, -0.25) is 0 Å². The Labute approximate surface area is 191 Å². The van der Waals surface area contributed by atoms with E-state index in [1.54, 1.807) is 29.1 Å². The Morgan fingerprint density at radius 3 is 2.58 bits per heavy atom. The average molecular weight is 448 g/mol. The van der Waals surface area contributed by atoms with Gasteiger partial charge < -0.3 is 18.5 Å². The molecule has 0 aliphatic rings. The first-order valence-electron chi connectivity index (χ1n) is 10.7. The topological polar surface area (TPSA) is 66.5 Å². The maximum absolute atomic E-state index is 14.7. The summed E-state index contributed by atoms with van der Waals surface area (Å²) in [5, 5.41) is 0. The van der Waals surface area contributed by atoms with Gasteiger partial charge in [-0.15, -0.1) is 0 Å². The summed E-state index contributed by atoms with van der Waals surface area (Å²) in [6.45, 7) is 2.11. The van der Waals surface area contributed by atoms with Crippen molar-refractivity contribution in [3.63, 3.8) is 0 Å². The smallest absolute Gasteiger partial charge is 0.329 e. The van der Waals surface area contributed by atoms with Gasteiger partial charge in [0.25, 0.3) is 0 Å².